The molecule has 1 aromatic rings. The Bertz CT molecular complexity index is 396. The molecule has 0 radical (unpaired) electrons. The third-order valence-corrected chi connectivity index (χ3v) is 2.44. The molecule has 3 N–H and O–H groups in total. The zero-order valence-electron chi connectivity index (χ0n) is 11.6. The van der Waals surface area contributed by atoms with E-state index in [1.165, 1.54) is 0 Å². The van der Waals surface area contributed by atoms with E-state index in [1.54, 1.807) is 13.3 Å². The molecule has 0 bridgehead atoms. The van der Waals surface area contributed by atoms with Crippen LogP contribution in [0.4, 0.5) is 0 Å². The summed E-state index contributed by atoms with van der Waals surface area (Å²) in [6.07, 6.45) is 2.58. The summed E-state index contributed by atoms with van der Waals surface area (Å²) >= 11 is 0. The average Bonchev–Trinajstić information content (AvgIpc) is 2.45. The maximum Gasteiger partial charge on any atom is 0.218 e. The number of hydrogen-bond donors (Lipinski definition) is 2. The normalized spacial score (nSPS) is 11.4. The highest BCUT2D eigenvalue weighted by Crippen LogP contribution is 2.14. The number of methoxy groups -OCH3 is 1. The van der Waals surface area contributed by atoms with Crippen LogP contribution >= 0.6 is 0 Å². The fourth-order valence-corrected chi connectivity index (χ4v) is 1.49. The Kier molecular flexibility index (Phi) is 7.34. The third kappa shape index (κ3) is 6.05. The molecule has 0 fully saturated rings. The van der Waals surface area contributed by atoms with Gasteiger partial charge in [-0.2, -0.15) is 0 Å². The Labute approximate surface area is 114 Å². The van der Waals surface area contributed by atoms with E-state index in [9.17, 15) is 0 Å². The van der Waals surface area contributed by atoms with Gasteiger partial charge in [0.1, 0.15) is 0 Å². The molecule has 1 rings (SSSR count). The molecule has 0 amide bonds. The molecule has 0 saturated carbocycles. The van der Waals surface area contributed by atoms with Crippen molar-refractivity contribution in [1.29, 1.82) is 0 Å². The van der Waals surface area contributed by atoms with Gasteiger partial charge in [0.05, 0.1) is 13.7 Å². The van der Waals surface area contributed by atoms with Crippen LogP contribution in [0.5, 0.6) is 5.88 Å². The number of pyridine rings is 1. The van der Waals surface area contributed by atoms with Crippen molar-refractivity contribution in [3.63, 3.8) is 0 Å². The summed E-state index contributed by atoms with van der Waals surface area (Å²) in [5.41, 5.74) is 6.67. The zero-order chi connectivity index (χ0) is 13.9. The Morgan fingerprint density at radius 2 is 2.37 bits per heavy atom. The molecule has 0 aliphatic carbocycles. The van der Waals surface area contributed by atoms with Crippen molar-refractivity contribution in [1.82, 2.24) is 10.3 Å². The van der Waals surface area contributed by atoms with E-state index in [2.05, 4.69) is 15.3 Å². The maximum absolute atomic E-state index is 5.76. The smallest absolute Gasteiger partial charge is 0.218 e. The predicted octanol–water partition coefficient (Wildman–Crippen LogP) is 0.921. The number of rotatable bonds is 8. The Morgan fingerprint density at radius 3 is 3.11 bits per heavy atom. The van der Waals surface area contributed by atoms with E-state index < -0.39 is 0 Å². The standard InChI is InChI=1S/C13H22N4O2/c1-3-19-9-5-8-16-13(14)17-10-11-6-4-7-15-12(11)18-2/h4,6-7H,3,5,8-10H2,1-2H3,(H3,14,16,17). The largest absolute Gasteiger partial charge is 0.481 e. The van der Waals surface area contributed by atoms with E-state index in [0.29, 0.717) is 18.4 Å². The number of hydrogen-bond acceptors (Lipinski definition) is 4. The van der Waals surface area contributed by atoms with Crippen molar-refractivity contribution in [3.8, 4) is 5.88 Å². The molecule has 0 saturated heterocycles. The molecular formula is C13H22N4O2. The van der Waals surface area contributed by atoms with Gasteiger partial charge in [-0.15, -0.1) is 0 Å². The average molecular weight is 266 g/mol. The minimum absolute atomic E-state index is 0.419. The first-order valence-electron chi connectivity index (χ1n) is 6.37. The van der Waals surface area contributed by atoms with Crippen LogP contribution in [-0.4, -0.2) is 37.8 Å². The minimum Gasteiger partial charge on any atom is -0.481 e. The van der Waals surface area contributed by atoms with Gasteiger partial charge in [0.25, 0.3) is 0 Å². The minimum atomic E-state index is 0.419. The summed E-state index contributed by atoms with van der Waals surface area (Å²) in [5, 5.41) is 3.04. The van der Waals surface area contributed by atoms with Gasteiger partial charge in [-0.3, -0.25) is 0 Å². The van der Waals surface area contributed by atoms with Crippen LogP contribution in [-0.2, 0) is 11.3 Å². The molecule has 19 heavy (non-hydrogen) atoms. The van der Waals surface area contributed by atoms with Gasteiger partial charge >= 0.3 is 0 Å². The van der Waals surface area contributed by atoms with Crippen LogP contribution < -0.4 is 15.8 Å². The first-order chi connectivity index (χ1) is 9.27. The fraction of sp³-hybridized carbons (Fsp3) is 0.538. The van der Waals surface area contributed by atoms with Gasteiger partial charge in [-0.05, 0) is 19.4 Å². The lowest BCUT2D eigenvalue weighted by Gasteiger charge is -2.07. The van der Waals surface area contributed by atoms with E-state index in [-0.39, 0.29) is 0 Å². The van der Waals surface area contributed by atoms with Gasteiger partial charge in [-0.1, -0.05) is 6.07 Å². The van der Waals surface area contributed by atoms with E-state index in [4.69, 9.17) is 15.2 Å². The summed E-state index contributed by atoms with van der Waals surface area (Å²) in [5.74, 6) is 0.998. The van der Waals surface area contributed by atoms with Gasteiger partial charge in [0.2, 0.25) is 5.88 Å². The van der Waals surface area contributed by atoms with Crippen molar-refractivity contribution in [2.45, 2.75) is 19.9 Å². The van der Waals surface area contributed by atoms with Crippen LogP contribution in [0.3, 0.4) is 0 Å². The van der Waals surface area contributed by atoms with Crippen molar-refractivity contribution in [2.24, 2.45) is 10.7 Å². The third-order valence-electron chi connectivity index (χ3n) is 2.44. The van der Waals surface area contributed by atoms with Crippen molar-refractivity contribution in [3.05, 3.63) is 23.9 Å². The topological polar surface area (TPSA) is 81.8 Å². The van der Waals surface area contributed by atoms with E-state index >= 15 is 0 Å². The monoisotopic (exact) mass is 266 g/mol. The van der Waals surface area contributed by atoms with Gasteiger partial charge in [0.15, 0.2) is 5.96 Å². The number of guanidine groups is 1. The Morgan fingerprint density at radius 1 is 1.53 bits per heavy atom. The lowest BCUT2D eigenvalue weighted by Crippen LogP contribution is -2.32. The summed E-state index contributed by atoms with van der Waals surface area (Å²) in [6, 6.07) is 3.76. The molecule has 0 aliphatic heterocycles. The zero-order valence-corrected chi connectivity index (χ0v) is 11.6. The highest BCUT2D eigenvalue weighted by molar-refractivity contribution is 5.77. The van der Waals surface area contributed by atoms with Crippen molar-refractivity contribution in [2.75, 3.05) is 26.9 Å². The Balaban J connectivity index is 2.34. The lowest BCUT2D eigenvalue weighted by atomic mass is 10.3. The van der Waals surface area contributed by atoms with Crippen LogP contribution in [0.15, 0.2) is 23.3 Å². The number of aliphatic imine (C=N–C) groups is 1. The molecule has 1 aromatic heterocycles. The second-order valence-electron chi connectivity index (χ2n) is 3.85. The van der Waals surface area contributed by atoms with Crippen LogP contribution in [0.2, 0.25) is 0 Å². The number of nitrogens with one attached hydrogen (secondary N) is 1. The molecule has 0 aliphatic rings. The quantitative estimate of drug-likeness (QED) is 0.415. The van der Waals surface area contributed by atoms with Crippen LogP contribution in [0.1, 0.15) is 18.9 Å². The first kappa shape index (κ1) is 15.2. The SMILES string of the molecule is CCOCCCNC(N)=NCc1cccnc1OC. The fourth-order valence-electron chi connectivity index (χ4n) is 1.49. The molecule has 6 nitrogen and oxygen atoms in total. The van der Waals surface area contributed by atoms with Crippen LogP contribution in [0.25, 0.3) is 0 Å². The van der Waals surface area contributed by atoms with Gasteiger partial charge in [0, 0.05) is 31.5 Å². The van der Waals surface area contributed by atoms with Crippen LogP contribution in [0, 0.1) is 0 Å². The maximum atomic E-state index is 5.76. The molecule has 6 heteroatoms. The molecule has 0 aromatic carbocycles. The Hall–Kier alpha value is -1.82. The molecule has 0 spiro atoms. The second kappa shape index (κ2) is 9.16. The molecule has 0 unspecified atom stereocenters. The van der Waals surface area contributed by atoms with Gasteiger partial charge < -0.3 is 20.5 Å². The summed E-state index contributed by atoms with van der Waals surface area (Å²) < 4.78 is 10.4. The molecule has 106 valence electrons. The lowest BCUT2D eigenvalue weighted by molar-refractivity contribution is 0.145. The summed E-state index contributed by atoms with van der Waals surface area (Å²) in [4.78, 5) is 8.35. The number of aromatic nitrogens is 1. The predicted molar refractivity (Wildman–Crippen MR) is 75.2 cm³/mol. The molecule has 1 heterocycles. The molecule has 0 atom stereocenters. The number of nitrogens with zero attached hydrogens (tertiary/aromatic N) is 2. The van der Waals surface area contributed by atoms with E-state index in [1.807, 2.05) is 19.1 Å². The highest BCUT2D eigenvalue weighted by atomic mass is 16.5. The highest BCUT2D eigenvalue weighted by Gasteiger charge is 2.02. The second-order valence-corrected chi connectivity index (χ2v) is 3.85. The van der Waals surface area contributed by atoms with Gasteiger partial charge in [-0.25, -0.2) is 9.98 Å². The number of ether oxygens (including phenoxy) is 2. The van der Waals surface area contributed by atoms with Crippen molar-refractivity contribution >= 4 is 5.96 Å². The number of nitrogens with two attached hydrogens (primary N) is 1. The first-order valence-corrected chi connectivity index (χ1v) is 6.37. The summed E-state index contributed by atoms with van der Waals surface area (Å²) in [6.45, 7) is 4.64. The summed E-state index contributed by atoms with van der Waals surface area (Å²) in [7, 11) is 1.59. The van der Waals surface area contributed by atoms with E-state index in [0.717, 1.165) is 31.7 Å². The van der Waals surface area contributed by atoms with Crippen molar-refractivity contribution < 1.29 is 9.47 Å². The molecular weight excluding hydrogens is 244 g/mol.